The maximum absolute atomic E-state index is 14.2. The molecule has 138 valence electrons. The number of rotatable bonds is 6. The van der Waals surface area contributed by atoms with Gasteiger partial charge >= 0.3 is 0 Å². The summed E-state index contributed by atoms with van der Waals surface area (Å²) in [5, 5.41) is 3.28. The van der Waals surface area contributed by atoms with Crippen molar-refractivity contribution >= 4 is 11.4 Å². The van der Waals surface area contributed by atoms with Gasteiger partial charge in [-0.3, -0.25) is 4.98 Å². The zero-order valence-electron chi connectivity index (χ0n) is 16.1. The topological polar surface area (TPSA) is 24.9 Å². The number of hydrogen-bond donors (Lipinski definition) is 1. The van der Waals surface area contributed by atoms with Crippen LogP contribution < -0.4 is 5.32 Å². The van der Waals surface area contributed by atoms with Gasteiger partial charge in [0.05, 0.1) is 5.69 Å². The second kappa shape index (κ2) is 7.75. The minimum absolute atomic E-state index is 0.637. The lowest BCUT2D eigenvalue weighted by atomic mass is 9.99. The van der Waals surface area contributed by atoms with E-state index in [9.17, 15) is 4.39 Å². The molecule has 0 bridgehead atoms. The lowest BCUT2D eigenvalue weighted by Crippen LogP contribution is -2.09. The van der Waals surface area contributed by atoms with Gasteiger partial charge in [0, 0.05) is 23.1 Å². The predicted octanol–water partition coefficient (Wildman–Crippen LogP) is 6.60. The molecule has 1 heterocycles. The van der Waals surface area contributed by atoms with Gasteiger partial charge in [-0.25, -0.2) is 4.39 Å². The molecule has 0 spiro atoms. The highest BCUT2D eigenvalue weighted by Crippen LogP contribution is 2.28. The van der Waals surface area contributed by atoms with Crippen LogP contribution in [0.5, 0.6) is 0 Å². The van der Waals surface area contributed by atoms with Gasteiger partial charge in [-0.15, -0.1) is 0 Å². The molecular formula is C24H25FN2. The fraction of sp³-hybridized carbons (Fsp3) is 0.208. The van der Waals surface area contributed by atoms with E-state index >= 15 is 0 Å². The number of anilines is 1. The van der Waals surface area contributed by atoms with Crippen molar-refractivity contribution in [3.63, 3.8) is 0 Å². The summed E-state index contributed by atoms with van der Waals surface area (Å²) in [7, 11) is 0. The van der Waals surface area contributed by atoms with E-state index in [1.54, 1.807) is 19.9 Å². The first-order chi connectivity index (χ1) is 12.9. The van der Waals surface area contributed by atoms with Crippen molar-refractivity contribution in [2.75, 3.05) is 5.32 Å². The zero-order valence-corrected chi connectivity index (χ0v) is 16.1. The lowest BCUT2D eigenvalue weighted by Gasteiger charge is -2.17. The van der Waals surface area contributed by atoms with Crippen LogP contribution in [0.4, 0.5) is 10.1 Å². The highest BCUT2D eigenvalue weighted by atomic mass is 19.1. The molecule has 0 radical (unpaired) electrons. The first kappa shape index (κ1) is 18.8. The third-order valence-electron chi connectivity index (χ3n) is 4.62. The summed E-state index contributed by atoms with van der Waals surface area (Å²) in [6.45, 7) is 9.37. The Bertz CT molecular complexity index is 937. The van der Waals surface area contributed by atoms with Gasteiger partial charge in [-0.2, -0.15) is 0 Å². The predicted molar refractivity (Wildman–Crippen MR) is 112 cm³/mol. The maximum Gasteiger partial charge on any atom is 0.130 e. The summed E-state index contributed by atoms with van der Waals surface area (Å²) in [6.07, 6.45) is 2.77. The van der Waals surface area contributed by atoms with E-state index in [4.69, 9.17) is 0 Å². The molecule has 0 saturated heterocycles. The summed E-state index contributed by atoms with van der Waals surface area (Å²) in [5.41, 5.74) is 5.18. The van der Waals surface area contributed by atoms with Crippen molar-refractivity contribution in [2.24, 2.45) is 0 Å². The van der Waals surface area contributed by atoms with E-state index in [1.165, 1.54) is 5.56 Å². The molecular weight excluding hydrogens is 335 g/mol. The molecule has 0 saturated carbocycles. The molecule has 2 nitrogen and oxygen atoms in total. The number of hydrogen-bond acceptors (Lipinski definition) is 2. The first-order valence-corrected chi connectivity index (χ1v) is 9.18. The quantitative estimate of drug-likeness (QED) is 0.536. The van der Waals surface area contributed by atoms with Gasteiger partial charge in [0.25, 0.3) is 0 Å². The van der Waals surface area contributed by atoms with Gasteiger partial charge in [0.1, 0.15) is 5.67 Å². The standard InChI is InChI=1S/C24H25FN2/c1-5-18-8-7-15-26-23(18)20-13-11-19(12-14-20)17(2)27-22-10-6-9-21(16-22)24(3,4)25/h6-16,27H,2,5H2,1,3-4H3. The number of aryl methyl sites for hydroxylation is 1. The van der Waals surface area contributed by atoms with Crippen LogP contribution in [0.15, 0.2) is 73.4 Å². The van der Waals surface area contributed by atoms with Crippen molar-refractivity contribution in [1.29, 1.82) is 0 Å². The smallest absolute Gasteiger partial charge is 0.130 e. The Labute approximate surface area is 160 Å². The Morgan fingerprint density at radius 1 is 1.07 bits per heavy atom. The van der Waals surface area contributed by atoms with E-state index in [1.807, 2.05) is 42.6 Å². The molecule has 0 aliphatic rings. The first-order valence-electron chi connectivity index (χ1n) is 9.18. The molecule has 1 aromatic heterocycles. The molecule has 27 heavy (non-hydrogen) atoms. The lowest BCUT2D eigenvalue weighted by molar-refractivity contribution is 0.221. The van der Waals surface area contributed by atoms with Gasteiger partial charge in [-0.05, 0) is 55.2 Å². The molecule has 0 atom stereocenters. The summed E-state index contributed by atoms with van der Waals surface area (Å²) in [5.74, 6) is 0. The number of aromatic nitrogens is 1. The van der Waals surface area contributed by atoms with Gasteiger partial charge in [0.2, 0.25) is 0 Å². The fourth-order valence-electron chi connectivity index (χ4n) is 3.03. The molecule has 0 amide bonds. The molecule has 0 unspecified atom stereocenters. The van der Waals surface area contributed by atoms with Crippen molar-refractivity contribution in [3.05, 3.63) is 90.1 Å². The van der Waals surface area contributed by atoms with E-state index in [0.29, 0.717) is 5.56 Å². The van der Waals surface area contributed by atoms with Crippen LogP contribution in [0.1, 0.15) is 37.5 Å². The third kappa shape index (κ3) is 4.43. The number of nitrogens with zero attached hydrogens (tertiary/aromatic N) is 1. The van der Waals surface area contributed by atoms with E-state index < -0.39 is 5.67 Å². The van der Waals surface area contributed by atoms with Crippen LogP contribution >= 0.6 is 0 Å². The molecule has 3 aromatic rings. The molecule has 2 aromatic carbocycles. The van der Waals surface area contributed by atoms with Crippen molar-refractivity contribution < 1.29 is 4.39 Å². The molecule has 0 aliphatic carbocycles. The Morgan fingerprint density at radius 3 is 2.48 bits per heavy atom. The Hall–Kier alpha value is -2.94. The van der Waals surface area contributed by atoms with E-state index in [0.717, 1.165) is 34.6 Å². The summed E-state index contributed by atoms with van der Waals surface area (Å²) < 4.78 is 14.2. The minimum atomic E-state index is -1.37. The second-order valence-electron chi connectivity index (χ2n) is 7.10. The maximum atomic E-state index is 14.2. The Kier molecular flexibility index (Phi) is 5.41. The van der Waals surface area contributed by atoms with Gasteiger partial charge in [0.15, 0.2) is 0 Å². The monoisotopic (exact) mass is 360 g/mol. The third-order valence-corrected chi connectivity index (χ3v) is 4.62. The largest absolute Gasteiger partial charge is 0.356 e. The number of nitrogens with one attached hydrogen (secondary N) is 1. The highest BCUT2D eigenvalue weighted by Gasteiger charge is 2.18. The van der Waals surface area contributed by atoms with E-state index in [2.05, 4.69) is 42.0 Å². The highest BCUT2D eigenvalue weighted by molar-refractivity contribution is 5.77. The molecule has 0 fully saturated rings. The number of benzene rings is 2. The van der Waals surface area contributed by atoms with Crippen molar-refractivity contribution in [1.82, 2.24) is 4.98 Å². The van der Waals surface area contributed by atoms with Crippen LogP contribution in [0.2, 0.25) is 0 Å². The molecule has 0 aliphatic heterocycles. The van der Waals surface area contributed by atoms with E-state index in [-0.39, 0.29) is 0 Å². The number of alkyl halides is 1. The molecule has 3 rings (SSSR count). The van der Waals surface area contributed by atoms with Gasteiger partial charge in [-0.1, -0.05) is 56.0 Å². The van der Waals surface area contributed by atoms with Crippen molar-refractivity contribution in [2.45, 2.75) is 32.9 Å². The minimum Gasteiger partial charge on any atom is -0.356 e. The molecule has 3 heteroatoms. The number of pyridine rings is 1. The average molecular weight is 360 g/mol. The fourth-order valence-corrected chi connectivity index (χ4v) is 3.03. The molecule has 1 N–H and O–H groups in total. The Balaban J connectivity index is 1.79. The van der Waals surface area contributed by atoms with Crippen LogP contribution in [-0.4, -0.2) is 4.98 Å². The normalized spacial score (nSPS) is 11.3. The zero-order chi connectivity index (χ0) is 19.4. The number of halogens is 1. The Morgan fingerprint density at radius 2 is 1.81 bits per heavy atom. The average Bonchev–Trinajstić information content (AvgIpc) is 2.67. The van der Waals surface area contributed by atoms with Crippen LogP contribution in [0, 0.1) is 0 Å². The van der Waals surface area contributed by atoms with Crippen LogP contribution in [-0.2, 0) is 12.1 Å². The summed E-state index contributed by atoms with van der Waals surface area (Å²) in [4.78, 5) is 4.52. The summed E-state index contributed by atoms with van der Waals surface area (Å²) >= 11 is 0. The van der Waals surface area contributed by atoms with Crippen LogP contribution in [0.3, 0.4) is 0 Å². The SMILES string of the molecule is C=C(Nc1cccc(C(C)(C)F)c1)c1ccc(-c2ncccc2CC)cc1. The van der Waals surface area contributed by atoms with Crippen molar-refractivity contribution in [3.8, 4) is 11.3 Å². The summed E-state index contributed by atoms with van der Waals surface area (Å²) in [6, 6.07) is 19.6. The van der Waals surface area contributed by atoms with Crippen LogP contribution in [0.25, 0.3) is 17.0 Å². The van der Waals surface area contributed by atoms with Gasteiger partial charge < -0.3 is 5.32 Å². The second-order valence-corrected chi connectivity index (χ2v) is 7.10.